The number of hydrogen-bond donors (Lipinski definition) is 1. The van der Waals surface area contributed by atoms with E-state index in [9.17, 15) is 13.2 Å². The fourth-order valence-corrected chi connectivity index (χ4v) is 4.02. The van der Waals surface area contributed by atoms with Crippen LogP contribution in [0.5, 0.6) is 5.88 Å². The normalized spacial score (nSPS) is 12.3. The lowest BCUT2D eigenvalue weighted by Crippen LogP contribution is -2.10. The number of halogens is 3. The number of nitrogens with two attached hydrogens (primary N) is 1. The van der Waals surface area contributed by atoms with Gasteiger partial charge >= 0.3 is 0 Å². The van der Waals surface area contributed by atoms with Gasteiger partial charge in [-0.25, -0.2) is 32.8 Å². The van der Waals surface area contributed by atoms with Gasteiger partial charge in [-0.15, -0.1) is 5.10 Å². The van der Waals surface area contributed by atoms with E-state index in [1.165, 1.54) is 36.4 Å². The van der Waals surface area contributed by atoms with Crippen molar-refractivity contribution in [1.29, 1.82) is 0 Å². The fraction of sp³-hybridized carbons (Fsp3) is 0.174. The number of benzene rings is 1. The molecule has 0 saturated heterocycles. The van der Waals surface area contributed by atoms with Crippen molar-refractivity contribution >= 4 is 16.9 Å². The SMILES string of the molecule is CCC(c1cn(-c2ccc(F)c(F)c2)nn1)n1cc(-c2cnc(OC)c(F)c2)c2c(N)ncnc21. The van der Waals surface area contributed by atoms with Gasteiger partial charge in [0, 0.05) is 29.6 Å². The molecule has 12 heteroatoms. The van der Waals surface area contributed by atoms with Crippen molar-refractivity contribution in [3.05, 3.63) is 72.3 Å². The van der Waals surface area contributed by atoms with Gasteiger partial charge in [0.25, 0.3) is 0 Å². The predicted molar refractivity (Wildman–Crippen MR) is 121 cm³/mol. The van der Waals surface area contributed by atoms with Crippen LogP contribution in [0.15, 0.2) is 49.2 Å². The van der Waals surface area contributed by atoms with Gasteiger partial charge < -0.3 is 15.0 Å². The lowest BCUT2D eigenvalue weighted by atomic mass is 10.1. The average molecular weight is 480 g/mol. The number of nitrogen functional groups attached to an aromatic ring is 1. The number of ether oxygens (including phenoxy) is 1. The maximum Gasteiger partial charge on any atom is 0.250 e. The van der Waals surface area contributed by atoms with Crippen molar-refractivity contribution in [2.45, 2.75) is 19.4 Å². The summed E-state index contributed by atoms with van der Waals surface area (Å²) in [7, 11) is 1.34. The molecule has 2 N–H and O–H groups in total. The van der Waals surface area contributed by atoms with Crippen LogP contribution in [0, 0.1) is 17.5 Å². The minimum Gasteiger partial charge on any atom is -0.479 e. The molecule has 1 unspecified atom stereocenters. The van der Waals surface area contributed by atoms with Crippen LogP contribution < -0.4 is 10.5 Å². The van der Waals surface area contributed by atoms with Crippen molar-refractivity contribution in [3.8, 4) is 22.7 Å². The molecule has 0 spiro atoms. The van der Waals surface area contributed by atoms with E-state index in [2.05, 4.69) is 25.3 Å². The standard InChI is InChI=1S/C23H19F3N8O/c1-3-19(18-10-34(32-31-18)13-4-5-15(24)16(25)7-13)33-9-14(20-21(27)29-11-30-22(20)33)12-6-17(26)23(35-2)28-8-12/h4-11,19H,3H2,1-2H3,(H2,27,29,30). The van der Waals surface area contributed by atoms with E-state index < -0.39 is 17.5 Å². The van der Waals surface area contributed by atoms with Crippen molar-refractivity contribution in [3.63, 3.8) is 0 Å². The van der Waals surface area contributed by atoms with Crippen molar-refractivity contribution in [1.82, 2.24) is 34.5 Å². The zero-order chi connectivity index (χ0) is 24.7. The van der Waals surface area contributed by atoms with E-state index >= 15 is 0 Å². The van der Waals surface area contributed by atoms with Gasteiger partial charge in [-0.3, -0.25) is 0 Å². The van der Waals surface area contributed by atoms with E-state index in [1.54, 1.807) is 12.4 Å². The summed E-state index contributed by atoms with van der Waals surface area (Å²) in [6.07, 6.45) is 6.82. The lowest BCUT2D eigenvalue weighted by Gasteiger charge is -2.15. The van der Waals surface area contributed by atoms with Gasteiger partial charge in [0.1, 0.15) is 23.5 Å². The molecule has 178 valence electrons. The molecule has 4 heterocycles. The van der Waals surface area contributed by atoms with Crippen LogP contribution in [0.2, 0.25) is 0 Å². The summed E-state index contributed by atoms with van der Waals surface area (Å²) < 4.78 is 49.6. The predicted octanol–water partition coefficient (Wildman–Crippen LogP) is 4.08. The largest absolute Gasteiger partial charge is 0.479 e. The number of aromatic nitrogens is 7. The summed E-state index contributed by atoms with van der Waals surface area (Å²) >= 11 is 0. The first kappa shape index (κ1) is 22.3. The minimum absolute atomic E-state index is 0.123. The van der Waals surface area contributed by atoms with Crippen LogP contribution in [0.4, 0.5) is 19.0 Å². The Bertz CT molecular complexity index is 1550. The van der Waals surface area contributed by atoms with Gasteiger partial charge in [0.05, 0.1) is 30.4 Å². The van der Waals surface area contributed by atoms with Crippen LogP contribution in [0.1, 0.15) is 25.1 Å². The van der Waals surface area contributed by atoms with Crippen LogP contribution in [-0.2, 0) is 0 Å². The molecule has 1 atom stereocenters. The number of pyridine rings is 1. The molecule has 0 saturated carbocycles. The molecule has 5 aromatic rings. The van der Waals surface area contributed by atoms with E-state index in [0.29, 0.717) is 40.0 Å². The van der Waals surface area contributed by atoms with E-state index in [0.717, 1.165) is 12.1 Å². The van der Waals surface area contributed by atoms with Gasteiger partial charge in [0.2, 0.25) is 5.88 Å². The molecule has 35 heavy (non-hydrogen) atoms. The smallest absolute Gasteiger partial charge is 0.250 e. The highest BCUT2D eigenvalue weighted by Crippen LogP contribution is 2.37. The zero-order valence-electron chi connectivity index (χ0n) is 18.7. The monoisotopic (exact) mass is 480 g/mol. The summed E-state index contributed by atoms with van der Waals surface area (Å²) in [5.74, 6) is -2.46. The van der Waals surface area contributed by atoms with Gasteiger partial charge in [0.15, 0.2) is 17.5 Å². The molecule has 0 aliphatic heterocycles. The van der Waals surface area contributed by atoms with Gasteiger partial charge in [-0.1, -0.05) is 12.1 Å². The second-order valence-corrected chi connectivity index (χ2v) is 7.73. The molecule has 1 aromatic carbocycles. The second-order valence-electron chi connectivity index (χ2n) is 7.73. The molecule has 0 aliphatic rings. The number of fused-ring (bicyclic) bond motifs is 1. The second kappa shape index (κ2) is 8.70. The van der Waals surface area contributed by atoms with Crippen LogP contribution in [-0.4, -0.2) is 41.6 Å². The number of anilines is 1. The first-order valence-electron chi connectivity index (χ1n) is 10.6. The Morgan fingerprint density at radius 2 is 1.86 bits per heavy atom. The van der Waals surface area contributed by atoms with Crippen LogP contribution >= 0.6 is 0 Å². The average Bonchev–Trinajstić information content (AvgIpc) is 3.48. The van der Waals surface area contributed by atoms with E-state index in [-0.39, 0.29) is 17.7 Å². The zero-order valence-corrected chi connectivity index (χ0v) is 18.7. The van der Waals surface area contributed by atoms with E-state index in [1.807, 2.05) is 11.5 Å². The van der Waals surface area contributed by atoms with Gasteiger partial charge in [-0.2, -0.15) is 0 Å². The molecular weight excluding hydrogens is 461 g/mol. The highest BCUT2D eigenvalue weighted by Gasteiger charge is 2.24. The quantitative estimate of drug-likeness (QED) is 0.390. The third kappa shape index (κ3) is 3.82. The summed E-state index contributed by atoms with van der Waals surface area (Å²) in [5.41, 5.74) is 8.62. The lowest BCUT2D eigenvalue weighted by molar-refractivity contribution is 0.369. The molecule has 5 rings (SSSR count). The van der Waals surface area contributed by atoms with Crippen LogP contribution in [0.25, 0.3) is 27.8 Å². The number of nitrogens with zero attached hydrogens (tertiary/aromatic N) is 7. The fourth-order valence-electron chi connectivity index (χ4n) is 4.02. The van der Waals surface area contributed by atoms with Crippen molar-refractivity contribution in [2.75, 3.05) is 12.8 Å². The number of methoxy groups -OCH3 is 1. The third-order valence-corrected chi connectivity index (χ3v) is 5.69. The molecule has 9 nitrogen and oxygen atoms in total. The number of hydrogen-bond acceptors (Lipinski definition) is 7. The molecular formula is C23H19F3N8O. The summed E-state index contributed by atoms with van der Waals surface area (Å²) in [6, 6.07) is 4.42. The molecule has 0 aliphatic carbocycles. The maximum atomic E-state index is 14.4. The Morgan fingerprint density at radius 1 is 1.03 bits per heavy atom. The van der Waals surface area contributed by atoms with Crippen molar-refractivity contribution < 1.29 is 17.9 Å². The minimum atomic E-state index is -0.986. The van der Waals surface area contributed by atoms with Gasteiger partial charge in [-0.05, 0) is 24.6 Å². The van der Waals surface area contributed by atoms with Crippen molar-refractivity contribution in [2.24, 2.45) is 0 Å². The Labute approximate surface area is 197 Å². The summed E-state index contributed by atoms with van der Waals surface area (Å²) in [5, 5.41) is 8.86. The highest BCUT2D eigenvalue weighted by atomic mass is 19.2. The Morgan fingerprint density at radius 3 is 2.57 bits per heavy atom. The first-order chi connectivity index (χ1) is 16.9. The Kier molecular flexibility index (Phi) is 5.55. The topological polar surface area (TPSA) is 110 Å². The maximum absolute atomic E-state index is 14.4. The molecule has 0 radical (unpaired) electrons. The Hall–Kier alpha value is -4.48. The summed E-state index contributed by atoms with van der Waals surface area (Å²) in [6.45, 7) is 1.95. The summed E-state index contributed by atoms with van der Waals surface area (Å²) in [4.78, 5) is 12.5. The molecule has 0 fully saturated rings. The third-order valence-electron chi connectivity index (χ3n) is 5.69. The van der Waals surface area contributed by atoms with Crippen LogP contribution in [0.3, 0.4) is 0 Å². The first-order valence-corrected chi connectivity index (χ1v) is 10.6. The molecule has 0 amide bonds. The molecule has 4 aromatic heterocycles. The Balaban J connectivity index is 1.62. The number of rotatable bonds is 6. The highest BCUT2D eigenvalue weighted by molar-refractivity contribution is 6.00. The molecule has 0 bridgehead atoms. The van der Waals surface area contributed by atoms with E-state index in [4.69, 9.17) is 10.5 Å².